The highest BCUT2D eigenvalue weighted by Gasteiger charge is 2.26. The molecule has 0 radical (unpaired) electrons. The minimum atomic E-state index is -4.35. The van der Waals surface area contributed by atoms with Crippen LogP contribution in [-0.4, -0.2) is 81.5 Å². The fraction of sp³-hybridized carbons (Fsp3) is 0.556. The summed E-state index contributed by atoms with van der Waals surface area (Å²) in [5, 5.41) is 0. The molecule has 0 saturated carbocycles. The molecule has 1 rings (SSSR count). The van der Waals surface area contributed by atoms with Crippen molar-refractivity contribution in [2.75, 3.05) is 54.1 Å². The van der Waals surface area contributed by atoms with Crippen LogP contribution in [0.1, 0.15) is 6.92 Å². The normalized spacial score (nSPS) is 14.5. The second-order valence-electron chi connectivity index (χ2n) is 7.27. The van der Waals surface area contributed by atoms with Crippen molar-refractivity contribution in [3.05, 3.63) is 27.8 Å². The lowest BCUT2D eigenvalue weighted by molar-refractivity contribution is -0.870. The molecule has 1 unspecified atom stereocenters. The van der Waals surface area contributed by atoms with Crippen LogP contribution in [0.5, 0.6) is 5.75 Å². The van der Waals surface area contributed by atoms with Crippen molar-refractivity contribution in [3.63, 3.8) is 0 Å². The van der Waals surface area contributed by atoms with Crippen molar-refractivity contribution in [1.82, 2.24) is 0 Å². The number of esters is 2. The van der Waals surface area contributed by atoms with E-state index in [2.05, 4.69) is 22.6 Å². The maximum Gasteiger partial charge on any atom is 0.472 e. The van der Waals surface area contributed by atoms with Gasteiger partial charge in [0.05, 0.1) is 27.7 Å². The quantitative estimate of drug-likeness (QED) is 0.167. The Bertz CT molecular complexity index is 736. The molecule has 1 N–H and O–H groups in total. The van der Waals surface area contributed by atoms with E-state index in [0.29, 0.717) is 16.8 Å². The van der Waals surface area contributed by atoms with E-state index in [9.17, 15) is 19.0 Å². The van der Waals surface area contributed by atoms with E-state index in [1.807, 2.05) is 33.3 Å². The van der Waals surface area contributed by atoms with Gasteiger partial charge in [-0.3, -0.25) is 13.8 Å². The summed E-state index contributed by atoms with van der Waals surface area (Å²) >= 11 is 2.14. The number of phosphoric ester groups is 1. The predicted molar refractivity (Wildman–Crippen MR) is 116 cm³/mol. The lowest BCUT2D eigenvalue weighted by Crippen LogP contribution is -2.37. The zero-order chi connectivity index (χ0) is 22.8. The number of hydrogen-bond donors (Lipinski definition) is 1. The van der Waals surface area contributed by atoms with Gasteiger partial charge in [-0.05, 0) is 46.9 Å². The van der Waals surface area contributed by atoms with Gasteiger partial charge in [-0.1, -0.05) is 0 Å². The standard InChI is InChI=1S/C18H27INO9P/c1-14(21)29-17(12-28-30(23,24)27-10-9-20(2,3)4)11-26-18(22)13-25-16-7-5-15(19)6-8-16/h5-8,17H,9-13H2,1-4H3/p+1/t17-/m1/s1. The summed E-state index contributed by atoms with van der Waals surface area (Å²) in [5.41, 5.74) is 0. The Morgan fingerprint density at radius 1 is 1.13 bits per heavy atom. The van der Waals surface area contributed by atoms with Crippen molar-refractivity contribution in [2.24, 2.45) is 0 Å². The highest BCUT2D eigenvalue weighted by Crippen LogP contribution is 2.43. The van der Waals surface area contributed by atoms with E-state index >= 15 is 0 Å². The second-order valence-corrected chi connectivity index (χ2v) is 9.97. The SMILES string of the molecule is CC(=O)O[C@H](COC(=O)COc1ccc(I)cc1)COP(=O)(O)OCC[N+](C)(C)C. The molecule has 0 aromatic heterocycles. The molecule has 0 aliphatic carbocycles. The minimum absolute atomic E-state index is 0.000370. The summed E-state index contributed by atoms with van der Waals surface area (Å²) < 4.78 is 38.5. The zero-order valence-corrected chi connectivity index (χ0v) is 20.5. The summed E-state index contributed by atoms with van der Waals surface area (Å²) in [5.74, 6) is -0.856. The zero-order valence-electron chi connectivity index (χ0n) is 17.4. The molecule has 0 aliphatic rings. The van der Waals surface area contributed by atoms with Gasteiger partial charge in [-0.25, -0.2) is 9.36 Å². The van der Waals surface area contributed by atoms with Crippen LogP contribution in [0.25, 0.3) is 0 Å². The Morgan fingerprint density at radius 3 is 2.33 bits per heavy atom. The van der Waals surface area contributed by atoms with E-state index in [1.165, 1.54) is 0 Å². The van der Waals surface area contributed by atoms with Crippen LogP contribution in [-0.2, 0) is 32.7 Å². The Kier molecular flexibility index (Phi) is 11.2. The van der Waals surface area contributed by atoms with Gasteiger partial charge < -0.3 is 23.6 Å². The first-order valence-electron chi connectivity index (χ1n) is 9.00. The van der Waals surface area contributed by atoms with Gasteiger partial charge in [0.1, 0.15) is 25.5 Å². The first-order valence-corrected chi connectivity index (χ1v) is 11.6. The van der Waals surface area contributed by atoms with Gasteiger partial charge in [0.25, 0.3) is 0 Å². The monoisotopic (exact) mass is 560 g/mol. The molecule has 0 heterocycles. The van der Waals surface area contributed by atoms with Crippen LogP contribution >= 0.6 is 30.4 Å². The summed E-state index contributed by atoms with van der Waals surface area (Å²) in [6.45, 7) is 0.446. The van der Waals surface area contributed by atoms with Crippen LogP contribution in [0, 0.1) is 3.57 Å². The fourth-order valence-corrected chi connectivity index (χ4v) is 3.00. The van der Waals surface area contributed by atoms with Crippen LogP contribution in [0.4, 0.5) is 0 Å². The van der Waals surface area contributed by atoms with Gasteiger partial charge in [-0.15, -0.1) is 0 Å². The third kappa shape index (κ3) is 13.1. The van der Waals surface area contributed by atoms with E-state index in [1.54, 1.807) is 12.1 Å². The van der Waals surface area contributed by atoms with Gasteiger partial charge in [0, 0.05) is 10.5 Å². The molecule has 1 aromatic rings. The molecule has 0 fully saturated rings. The van der Waals surface area contributed by atoms with E-state index in [0.717, 1.165) is 10.5 Å². The molecule has 0 saturated heterocycles. The Labute approximate surface area is 189 Å². The maximum atomic E-state index is 11.9. The summed E-state index contributed by atoms with van der Waals surface area (Å²) in [6.07, 6.45) is -1.08. The average Bonchev–Trinajstić information content (AvgIpc) is 2.62. The topological polar surface area (TPSA) is 118 Å². The Morgan fingerprint density at radius 2 is 1.77 bits per heavy atom. The fourth-order valence-electron chi connectivity index (χ4n) is 1.90. The van der Waals surface area contributed by atoms with Crippen molar-refractivity contribution >= 4 is 42.4 Å². The molecule has 1 aromatic carbocycles. The third-order valence-electron chi connectivity index (χ3n) is 3.37. The van der Waals surface area contributed by atoms with Gasteiger partial charge in [0.15, 0.2) is 12.7 Å². The Hall–Kier alpha value is -1.24. The minimum Gasteiger partial charge on any atom is -0.482 e. The highest BCUT2D eigenvalue weighted by molar-refractivity contribution is 14.1. The average molecular weight is 560 g/mol. The number of nitrogens with zero attached hydrogens (tertiary/aromatic N) is 1. The van der Waals surface area contributed by atoms with Gasteiger partial charge in [0.2, 0.25) is 0 Å². The molecule has 0 spiro atoms. The number of ether oxygens (including phenoxy) is 3. The van der Waals surface area contributed by atoms with E-state index in [4.69, 9.17) is 23.3 Å². The van der Waals surface area contributed by atoms with Crippen molar-refractivity contribution < 1.29 is 46.8 Å². The van der Waals surface area contributed by atoms with Gasteiger partial charge in [-0.2, -0.15) is 0 Å². The molecular weight excluding hydrogens is 532 g/mol. The first-order chi connectivity index (χ1) is 13.9. The summed E-state index contributed by atoms with van der Waals surface area (Å²) in [4.78, 5) is 32.8. The number of carbonyl (C=O) groups excluding carboxylic acids is 2. The molecule has 0 bridgehead atoms. The van der Waals surface area contributed by atoms with Crippen LogP contribution in [0.15, 0.2) is 24.3 Å². The summed E-state index contributed by atoms with van der Waals surface area (Å²) in [7, 11) is 1.36. The van der Waals surface area contributed by atoms with E-state index in [-0.39, 0.29) is 19.8 Å². The van der Waals surface area contributed by atoms with Gasteiger partial charge >= 0.3 is 19.8 Å². The molecule has 30 heavy (non-hydrogen) atoms. The first kappa shape index (κ1) is 26.8. The van der Waals surface area contributed by atoms with Crippen LogP contribution in [0.2, 0.25) is 0 Å². The van der Waals surface area contributed by atoms with Crippen LogP contribution in [0.3, 0.4) is 0 Å². The predicted octanol–water partition coefficient (Wildman–Crippen LogP) is 1.98. The number of benzene rings is 1. The number of rotatable bonds is 13. The summed E-state index contributed by atoms with van der Waals surface area (Å²) in [6, 6.07) is 7.07. The number of hydrogen-bond acceptors (Lipinski definition) is 8. The number of quaternary nitrogens is 1. The van der Waals surface area contributed by atoms with Crippen molar-refractivity contribution in [3.8, 4) is 5.75 Å². The lowest BCUT2D eigenvalue weighted by Gasteiger charge is -2.24. The smallest absolute Gasteiger partial charge is 0.472 e. The number of phosphoric acid groups is 1. The Balaban J connectivity index is 2.44. The van der Waals surface area contributed by atoms with Crippen molar-refractivity contribution in [1.29, 1.82) is 0 Å². The molecule has 170 valence electrons. The van der Waals surface area contributed by atoms with Crippen molar-refractivity contribution in [2.45, 2.75) is 13.0 Å². The number of halogens is 1. The van der Waals surface area contributed by atoms with E-state index < -0.39 is 32.5 Å². The second kappa shape index (κ2) is 12.6. The van der Waals surface area contributed by atoms with Crippen LogP contribution < -0.4 is 4.74 Å². The molecule has 2 atom stereocenters. The largest absolute Gasteiger partial charge is 0.482 e. The molecule has 0 aliphatic heterocycles. The number of carbonyl (C=O) groups is 2. The molecule has 12 heteroatoms. The molecule has 10 nitrogen and oxygen atoms in total. The molecule has 0 amide bonds. The maximum absolute atomic E-state index is 11.9. The third-order valence-corrected chi connectivity index (χ3v) is 5.08. The number of likely N-dealkylation sites (N-methyl/N-ethyl adjacent to an activating group) is 1. The highest BCUT2D eigenvalue weighted by atomic mass is 127. The molecular formula is C18H28INO9P+. The lowest BCUT2D eigenvalue weighted by atomic mass is 10.3.